The van der Waals surface area contributed by atoms with Crippen LogP contribution >= 0.6 is 0 Å². The second-order valence-corrected chi connectivity index (χ2v) is 7.33. The molecule has 0 aromatic heterocycles. The molecule has 2 rings (SSSR count). The lowest BCUT2D eigenvalue weighted by Crippen LogP contribution is -2.74. The first kappa shape index (κ1) is 29.5. The fourth-order valence-electron chi connectivity index (χ4n) is 3.05. The van der Waals surface area contributed by atoms with Crippen molar-refractivity contribution in [1.29, 1.82) is 0 Å². The number of hydrogen-bond donors (Lipinski definition) is 0. The third-order valence-corrected chi connectivity index (χ3v) is 5.10. The van der Waals surface area contributed by atoms with E-state index in [-0.39, 0.29) is 0 Å². The van der Waals surface area contributed by atoms with Crippen LogP contribution in [0, 0.1) is 0 Å². The molecule has 0 unspecified atom stereocenters. The van der Waals surface area contributed by atoms with E-state index in [1.807, 2.05) is 0 Å². The summed E-state index contributed by atoms with van der Waals surface area (Å²) in [5, 5.41) is 0. The highest BCUT2D eigenvalue weighted by Gasteiger charge is 2.95. The molecule has 0 bridgehead atoms. The van der Waals surface area contributed by atoms with Gasteiger partial charge in [0.1, 0.15) is 0 Å². The molecule has 0 saturated heterocycles. The minimum atomic E-state index is -8.50. The van der Waals surface area contributed by atoms with Crippen LogP contribution in [0.15, 0.2) is 60.7 Å². The molecule has 2 aromatic carbocycles. The van der Waals surface area contributed by atoms with Gasteiger partial charge in [-0.05, 0) is 11.1 Å². The molecule has 0 radical (unpaired) electrons. The summed E-state index contributed by atoms with van der Waals surface area (Å²) in [6.45, 7) is 0. The largest absolute Gasteiger partial charge is 0.460 e. The molecule has 0 aliphatic carbocycles. The highest BCUT2D eigenvalue weighted by Crippen LogP contribution is 2.65. The first-order valence-electron chi connectivity index (χ1n) is 9.10. The van der Waals surface area contributed by atoms with E-state index in [0.717, 1.165) is 12.1 Å². The zero-order valence-electron chi connectivity index (χ0n) is 16.8. The summed E-state index contributed by atoms with van der Waals surface area (Å²) in [7, 11) is 0. The van der Waals surface area contributed by atoms with Crippen molar-refractivity contribution in [3.63, 3.8) is 0 Å². The molecular weight excluding hydrogens is 544 g/mol. The topological polar surface area (TPSA) is 0 Å². The van der Waals surface area contributed by atoms with Crippen molar-refractivity contribution in [2.24, 2.45) is 0 Å². The van der Waals surface area contributed by atoms with E-state index in [0.29, 0.717) is 48.5 Å². The smallest absolute Gasteiger partial charge is 0.226 e. The van der Waals surface area contributed by atoms with Crippen molar-refractivity contribution in [3.05, 3.63) is 71.8 Å². The molecule has 0 atom stereocenters. The predicted molar refractivity (Wildman–Crippen MR) is 90.5 cm³/mol. The second-order valence-electron chi connectivity index (χ2n) is 7.33. The third-order valence-electron chi connectivity index (χ3n) is 5.10. The molecule has 36 heavy (non-hydrogen) atoms. The molecule has 202 valence electrons. The van der Waals surface area contributed by atoms with Gasteiger partial charge in [-0.25, -0.2) is 4.39 Å². The van der Waals surface area contributed by atoms with Gasteiger partial charge in [0.15, 0.2) is 0 Å². The van der Waals surface area contributed by atoms with Gasteiger partial charge in [0.2, 0.25) is 5.67 Å². The van der Waals surface area contributed by atoms with Crippen molar-refractivity contribution in [2.45, 2.75) is 47.4 Å². The maximum absolute atomic E-state index is 15.8. The van der Waals surface area contributed by atoms with Gasteiger partial charge in [-0.2, -0.15) is 65.9 Å². The van der Waals surface area contributed by atoms with E-state index in [1.165, 1.54) is 0 Å². The minimum Gasteiger partial charge on any atom is -0.226 e. The van der Waals surface area contributed by atoms with E-state index in [1.54, 1.807) is 0 Å². The molecule has 0 N–H and O–H groups in total. The predicted octanol–water partition coefficient (Wildman–Crippen LogP) is 8.27. The van der Waals surface area contributed by atoms with Gasteiger partial charge in [0, 0.05) is 0 Å². The first-order chi connectivity index (χ1) is 16.0. The summed E-state index contributed by atoms with van der Waals surface area (Å²) in [6.07, 6.45) is -7.72. The Bertz CT molecular complexity index is 1000. The van der Waals surface area contributed by atoms with E-state index in [9.17, 15) is 65.9 Å². The Hall–Kier alpha value is -2.68. The van der Waals surface area contributed by atoms with Crippen LogP contribution in [0.25, 0.3) is 0 Å². The van der Waals surface area contributed by atoms with Gasteiger partial charge in [-0.3, -0.25) is 0 Å². The zero-order chi connectivity index (χ0) is 28.2. The summed E-state index contributed by atoms with van der Waals surface area (Å²) in [5.74, 6) is -48.6. The highest BCUT2D eigenvalue weighted by molar-refractivity contribution is 5.41. The van der Waals surface area contributed by atoms with E-state index >= 15 is 4.39 Å². The van der Waals surface area contributed by atoms with Crippen molar-refractivity contribution in [2.75, 3.05) is 0 Å². The van der Waals surface area contributed by atoms with Crippen LogP contribution in [0.3, 0.4) is 0 Å². The van der Waals surface area contributed by atoms with Gasteiger partial charge in [-0.15, -0.1) is 0 Å². The summed E-state index contributed by atoms with van der Waals surface area (Å²) < 4.78 is 220. The van der Waals surface area contributed by atoms with Crippen molar-refractivity contribution in [1.82, 2.24) is 0 Å². The molecule has 0 fully saturated rings. The fourth-order valence-corrected chi connectivity index (χ4v) is 3.05. The highest BCUT2D eigenvalue weighted by atomic mass is 19.4. The minimum absolute atomic E-state index is 0.291. The second kappa shape index (κ2) is 8.43. The molecule has 0 spiro atoms. The summed E-state index contributed by atoms with van der Waals surface area (Å²) in [5.41, 5.74) is -8.43. The molecule has 0 saturated carbocycles. The van der Waals surface area contributed by atoms with Crippen LogP contribution in [0.2, 0.25) is 0 Å². The van der Waals surface area contributed by atoms with E-state index in [2.05, 4.69) is 0 Å². The van der Waals surface area contributed by atoms with Gasteiger partial charge < -0.3 is 0 Å². The van der Waals surface area contributed by atoms with Gasteiger partial charge in [0.05, 0.1) is 0 Å². The maximum atomic E-state index is 15.8. The fraction of sp³-hybridized carbons (Fsp3) is 0.400. The van der Waals surface area contributed by atoms with Crippen molar-refractivity contribution < 1.29 is 70.2 Å². The lowest BCUT2D eigenvalue weighted by molar-refractivity contribution is -0.457. The van der Waals surface area contributed by atoms with Crippen LogP contribution < -0.4 is 0 Å². The summed E-state index contributed by atoms with van der Waals surface area (Å²) in [4.78, 5) is 0. The molecule has 0 amide bonds. The molecule has 0 aliphatic heterocycles. The quantitative estimate of drug-likeness (QED) is 0.288. The van der Waals surface area contributed by atoms with Crippen LogP contribution in [0.5, 0.6) is 0 Å². The van der Waals surface area contributed by atoms with Gasteiger partial charge in [0.25, 0.3) is 0 Å². The summed E-state index contributed by atoms with van der Waals surface area (Å²) in [6, 6.07) is 5.93. The first-order valence-corrected chi connectivity index (χ1v) is 9.10. The number of benzene rings is 2. The Kier molecular flexibility index (Phi) is 6.92. The monoisotopic (exact) mass is 554 g/mol. The van der Waals surface area contributed by atoms with Crippen LogP contribution in [-0.2, 0) is 5.67 Å². The van der Waals surface area contributed by atoms with E-state index in [4.69, 9.17) is 0 Å². The molecular formula is C20H10F16. The lowest BCUT2D eigenvalue weighted by Gasteiger charge is -2.45. The summed E-state index contributed by atoms with van der Waals surface area (Å²) >= 11 is 0. The zero-order valence-corrected chi connectivity index (χ0v) is 16.8. The number of halogens is 16. The Balaban J connectivity index is 2.83. The third kappa shape index (κ3) is 3.69. The number of hydrogen-bond acceptors (Lipinski definition) is 0. The van der Waals surface area contributed by atoms with E-state index < -0.39 is 58.5 Å². The average Bonchev–Trinajstić information content (AvgIpc) is 2.78. The Labute approximate surface area is 190 Å². The van der Waals surface area contributed by atoms with Gasteiger partial charge >= 0.3 is 41.7 Å². The molecule has 0 heterocycles. The van der Waals surface area contributed by atoms with Crippen molar-refractivity contribution >= 4 is 0 Å². The van der Waals surface area contributed by atoms with Crippen molar-refractivity contribution in [3.8, 4) is 0 Å². The lowest BCUT2D eigenvalue weighted by atomic mass is 9.77. The maximum Gasteiger partial charge on any atom is 0.460 e. The van der Waals surface area contributed by atoms with Gasteiger partial charge in [-0.1, -0.05) is 60.7 Å². The number of rotatable bonds is 8. The molecule has 0 nitrogen and oxygen atoms in total. The van der Waals surface area contributed by atoms with Crippen LogP contribution in [0.4, 0.5) is 70.2 Å². The normalized spacial score (nSPS) is 15.2. The number of alkyl halides is 16. The average molecular weight is 554 g/mol. The molecule has 0 aliphatic rings. The Morgan fingerprint density at radius 3 is 0.833 bits per heavy atom. The van der Waals surface area contributed by atoms with Crippen LogP contribution in [0.1, 0.15) is 11.1 Å². The van der Waals surface area contributed by atoms with Crippen LogP contribution in [-0.4, -0.2) is 41.7 Å². The Morgan fingerprint density at radius 2 is 0.556 bits per heavy atom. The Morgan fingerprint density at radius 1 is 0.306 bits per heavy atom. The SMILES string of the molecule is FC(F)(F)C(F)(F)C(F)(F)C(F)(F)C(F)(F)C(F)(F)C(F)(F)C(F)(c1ccccc1)c1ccccc1. The molecule has 16 heteroatoms. The molecule has 2 aromatic rings. The standard InChI is InChI=1S/C20H10F16/c21-13(11-7-3-1-4-8-11,12-9-5-2-6-10-12)14(22,23)15(24,25)16(26,27)17(28,29)18(30,31)19(32,33)20(34,35)36/h1-10H.